The van der Waals surface area contributed by atoms with Gasteiger partial charge in [-0.1, -0.05) is 25.0 Å². The summed E-state index contributed by atoms with van der Waals surface area (Å²) in [7, 11) is 1.56. The van der Waals surface area contributed by atoms with Gasteiger partial charge in [0.15, 0.2) is 11.1 Å². The second kappa shape index (κ2) is 8.62. The Hall–Kier alpha value is -0.960. The highest BCUT2D eigenvalue weighted by Crippen LogP contribution is 2.42. The molecule has 0 saturated heterocycles. The Morgan fingerprint density at radius 1 is 1.28 bits per heavy atom. The fourth-order valence-corrected chi connectivity index (χ4v) is 3.99. The molecule has 8 heteroatoms. The molecule has 1 aromatic carbocycles. The standard InChI is InChI=1S/C17H24F3NO3S/c1-24-15(13-5-7-14(8-6-13)17(18,19)20)16(9-2-3-10-16)21-11-4-12-25(22)23/h5-8,15,21H,2-4,9-12H2,1H3,(H,22,23). The number of alkyl halides is 3. The number of benzene rings is 1. The van der Waals surface area contributed by atoms with Gasteiger partial charge in [0.1, 0.15) is 6.10 Å². The Balaban J connectivity index is 2.15. The summed E-state index contributed by atoms with van der Waals surface area (Å²) < 4.78 is 63.6. The van der Waals surface area contributed by atoms with Crippen LogP contribution in [-0.4, -0.2) is 33.7 Å². The van der Waals surface area contributed by atoms with Crippen molar-refractivity contribution in [3.05, 3.63) is 35.4 Å². The van der Waals surface area contributed by atoms with Crippen LogP contribution in [-0.2, 0) is 22.0 Å². The van der Waals surface area contributed by atoms with E-state index in [2.05, 4.69) is 5.32 Å². The minimum Gasteiger partial charge on any atom is -0.375 e. The molecule has 2 unspecified atom stereocenters. The maximum atomic E-state index is 12.8. The van der Waals surface area contributed by atoms with Gasteiger partial charge in [-0.15, -0.1) is 0 Å². The van der Waals surface area contributed by atoms with Gasteiger partial charge < -0.3 is 14.6 Å². The van der Waals surface area contributed by atoms with Crippen LogP contribution in [0.4, 0.5) is 13.2 Å². The molecule has 0 bridgehead atoms. The van der Waals surface area contributed by atoms with E-state index in [9.17, 15) is 17.4 Å². The van der Waals surface area contributed by atoms with E-state index in [1.54, 1.807) is 7.11 Å². The molecule has 2 rings (SSSR count). The molecule has 1 aliphatic rings. The lowest BCUT2D eigenvalue weighted by atomic mass is 9.85. The second-order valence-corrected chi connectivity index (χ2v) is 7.46. The summed E-state index contributed by atoms with van der Waals surface area (Å²) in [6.45, 7) is 0.562. The summed E-state index contributed by atoms with van der Waals surface area (Å²) in [5.41, 5.74) is -0.327. The third-order valence-corrected chi connectivity index (χ3v) is 5.38. The van der Waals surface area contributed by atoms with Gasteiger partial charge in [0, 0.05) is 12.6 Å². The molecule has 0 amide bonds. The van der Waals surface area contributed by atoms with Crippen LogP contribution in [0.25, 0.3) is 0 Å². The first kappa shape index (κ1) is 20.4. The van der Waals surface area contributed by atoms with Crippen molar-refractivity contribution in [1.82, 2.24) is 5.32 Å². The van der Waals surface area contributed by atoms with Crippen LogP contribution in [0.15, 0.2) is 24.3 Å². The van der Waals surface area contributed by atoms with E-state index in [0.29, 0.717) is 18.5 Å². The highest BCUT2D eigenvalue weighted by molar-refractivity contribution is 7.79. The second-order valence-electron chi connectivity index (χ2n) is 6.40. The lowest BCUT2D eigenvalue weighted by Gasteiger charge is -2.38. The highest BCUT2D eigenvalue weighted by Gasteiger charge is 2.42. The Kier molecular flexibility index (Phi) is 7.01. The Labute approximate surface area is 148 Å². The molecular weight excluding hydrogens is 355 g/mol. The van der Waals surface area contributed by atoms with Crippen molar-refractivity contribution in [3.8, 4) is 0 Å². The number of halogens is 3. The fourth-order valence-electron chi connectivity index (χ4n) is 3.60. The quantitative estimate of drug-likeness (QED) is 0.531. The molecule has 1 aromatic rings. The molecule has 2 N–H and O–H groups in total. The molecule has 1 saturated carbocycles. The lowest BCUT2D eigenvalue weighted by molar-refractivity contribution is -0.137. The normalized spacial score (nSPS) is 19.7. The summed E-state index contributed by atoms with van der Waals surface area (Å²) in [4.78, 5) is 0. The lowest BCUT2D eigenvalue weighted by Crippen LogP contribution is -2.49. The van der Waals surface area contributed by atoms with Crippen LogP contribution in [0.3, 0.4) is 0 Å². The predicted octanol–water partition coefficient (Wildman–Crippen LogP) is 3.91. The Bertz CT molecular complexity index is 571. The third-order valence-electron chi connectivity index (χ3n) is 4.75. The van der Waals surface area contributed by atoms with Gasteiger partial charge in [-0.3, -0.25) is 0 Å². The molecule has 0 radical (unpaired) electrons. The van der Waals surface area contributed by atoms with E-state index in [0.717, 1.165) is 37.8 Å². The molecular formula is C17H24F3NO3S. The third kappa shape index (κ3) is 5.26. The van der Waals surface area contributed by atoms with Crippen LogP contribution >= 0.6 is 0 Å². The first-order valence-electron chi connectivity index (χ1n) is 8.31. The number of methoxy groups -OCH3 is 1. The van der Waals surface area contributed by atoms with E-state index in [1.807, 2.05) is 0 Å². The SMILES string of the molecule is COC(c1ccc(C(F)(F)F)cc1)C1(NCCCS(=O)O)CCCC1. The fraction of sp³-hybridized carbons (Fsp3) is 0.647. The van der Waals surface area contributed by atoms with Gasteiger partial charge in [-0.25, -0.2) is 4.21 Å². The van der Waals surface area contributed by atoms with E-state index < -0.39 is 22.8 Å². The Morgan fingerprint density at radius 2 is 1.88 bits per heavy atom. The van der Waals surface area contributed by atoms with Crippen LogP contribution in [0.2, 0.25) is 0 Å². The van der Waals surface area contributed by atoms with Crippen molar-refractivity contribution in [2.24, 2.45) is 0 Å². The zero-order chi connectivity index (χ0) is 18.5. The van der Waals surface area contributed by atoms with Gasteiger partial charge in [-0.2, -0.15) is 13.2 Å². The number of hydrogen-bond donors (Lipinski definition) is 2. The first-order valence-corrected chi connectivity index (χ1v) is 9.58. The molecule has 4 nitrogen and oxygen atoms in total. The zero-order valence-electron chi connectivity index (χ0n) is 14.1. The van der Waals surface area contributed by atoms with Crippen molar-refractivity contribution in [3.63, 3.8) is 0 Å². The van der Waals surface area contributed by atoms with E-state index >= 15 is 0 Å². The van der Waals surface area contributed by atoms with Crippen molar-refractivity contribution in [2.45, 2.75) is 49.9 Å². The van der Waals surface area contributed by atoms with Gasteiger partial charge >= 0.3 is 6.18 Å². The Morgan fingerprint density at radius 3 is 2.36 bits per heavy atom. The van der Waals surface area contributed by atoms with Crippen LogP contribution in [0.5, 0.6) is 0 Å². The van der Waals surface area contributed by atoms with Gasteiger partial charge in [0.2, 0.25) is 0 Å². The maximum Gasteiger partial charge on any atom is 0.416 e. The first-order chi connectivity index (χ1) is 11.8. The van der Waals surface area contributed by atoms with E-state index in [-0.39, 0.29) is 17.4 Å². The number of hydrogen-bond acceptors (Lipinski definition) is 3. The van der Waals surface area contributed by atoms with Crippen molar-refractivity contribution < 1.29 is 26.7 Å². The molecule has 25 heavy (non-hydrogen) atoms. The highest BCUT2D eigenvalue weighted by atomic mass is 32.2. The maximum absolute atomic E-state index is 12.8. The molecule has 0 heterocycles. The zero-order valence-corrected chi connectivity index (χ0v) is 15.0. The van der Waals surface area contributed by atoms with Gasteiger partial charge in [0.25, 0.3) is 0 Å². The molecule has 0 aliphatic heterocycles. The van der Waals surface area contributed by atoms with Crippen LogP contribution in [0.1, 0.15) is 49.3 Å². The van der Waals surface area contributed by atoms with E-state index in [4.69, 9.17) is 9.29 Å². The van der Waals surface area contributed by atoms with Crippen LogP contribution < -0.4 is 5.32 Å². The van der Waals surface area contributed by atoms with Crippen LogP contribution in [0, 0.1) is 0 Å². The molecule has 1 fully saturated rings. The average molecular weight is 379 g/mol. The molecule has 0 spiro atoms. The topological polar surface area (TPSA) is 58.6 Å². The molecule has 0 aromatic heterocycles. The summed E-state index contributed by atoms with van der Waals surface area (Å²) in [6.07, 6.45) is -0.432. The smallest absolute Gasteiger partial charge is 0.375 e. The molecule has 2 atom stereocenters. The number of nitrogens with one attached hydrogen (secondary N) is 1. The van der Waals surface area contributed by atoms with Gasteiger partial charge in [0.05, 0.1) is 11.3 Å². The van der Waals surface area contributed by atoms with Gasteiger partial charge in [-0.05, 0) is 43.5 Å². The monoisotopic (exact) mass is 379 g/mol. The summed E-state index contributed by atoms with van der Waals surface area (Å²) >= 11 is -1.82. The van der Waals surface area contributed by atoms with Crippen molar-refractivity contribution in [2.75, 3.05) is 19.4 Å². The van der Waals surface area contributed by atoms with Crippen molar-refractivity contribution in [1.29, 1.82) is 0 Å². The number of rotatable bonds is 8. The average Bonchev–Trinajstić information content (AvgIpc) is 3.01. The minimum atomic E-state index is -4.36. The largest absolute Gasteiger partial charge is 0.416 e. The number of ether oxygens (including phenoxy) is 1. The van der Waals surface area contributed by atoms with Crippen molar-refractivity contribution >= 4 is 11.1 Å². The minimum absolute atomic E-state index is 0.195. The molecule has 1 aliphatic carbocycles. The summed E-state index contributed by atoms with van der Waals surface area (Å²) in [5.74, 6) is 0.195. The molecule has 142 valence electrons. The summed E-state index contributed by atoms with van der Waals surface area (Å²) in [6, 6.07) is 5.11. The summed E-state index contributed by atoms with van der Waals surface area (Å²) in [5, 5.41) is 3.45. The van der Waals surface area contributed by atoms with E-state index in [1.165, 1.54) is 12.1 Å². The predicted molar refractivity (Wildman–Crippen MR) is 90.7 cm³/mol.